The number of nitrogens with one attached hydrogen (secondary N) is 1. The number of rotatable bonds is 7. The highest BCUT2D eigenvalue weighted by atomic mass is 35.5. The molecule has 2 saturated heterocycles. The Morgan fingerprint density at radius 2 is 1.73 bits per heavy atom. The van der Waals surface area contributed by atoms with E-state index in [4.69, 9.17) is 21.3 Å². The van der Waals surface area contributed by atoms with Crippen LogP contribution in [0, 0.1) is 0 Å². The summed E-state index contributed by atoms with van der Waals surface area (Å²) in [5.74, 6) is -0.721. The number of hydrogen-bond acceptors (Lipinski definition) is 8. The van der Waals surface area contributed by atoms with Gasteiger partial charge in [0.05, 0.1) is 35.4 Å². The number of carbonyl (C=O) groups excluding carboxylic acids is 1. The first-order chi connectivity index (χ1) is 19.8. The Labute approximate surface area is 240 Å². The summed E-state index contributed by atoms with van der Waals surface area (Å²) in [6, 6.07) is 7.60. The summed E-state index contributed by atoms with van der Waals surface area (Å²) in [6.45, 7) is 6.04. The third-order valence-corrected chi connectivity index (χ3v) is 8.30. The molecule has 13 heteroatoms. The van der Waals surface area contributed by atoms with Gasteiger partial charge in [-0.1, -0.05) is 11.6 Å². The Balaban J connectivity index is 1.20. The average Bonchev–Trinajstić information content (AvgIpc) is 3.83. The average molecular weight is 590 g/mol. The van der Waals surface area contributed by atoms with E-state index < -0.39 is 18.0 Å². The number of amides is 1. The van der Waals surface area contributed by atoms with Crippen LogP contribution in [0.1, 0.15) is 40.6 Å². The maximum absolute atomic E-state index is 13.5. The second kappa shape index (κ2) is 11.7. The molecule has 3 aliphatic rings. The van der Waals surface area contributed by atoms with E-state index >= 15 is 0 Å². The quantitative estimate of drug-likeness (QED) is 0.446. The number of fused-ring (bicyclic) bond motifs is 1. The van der Waals surface area contributed by atoms with Crippen LogP contribution < -0.4 is 10.2 Å². The van der Waals surface area contributed by atoms with Gasteiger partial charge in [0.15, 0.2) is 0 Å². The third-order valence-electron chi connectivity index (χ3n) is 7.99. The first-order valence-electron chi connectivity index (χ1n) is 13.9. The minimum Gasteiger partial charge on any atom is -0.379 e. The fourth-order valence-electron chi connectivity index (χ4n) is 5.61. The number of alkyl halides is 3. The van der Waals surface area contributed by atoms with Crippen LogP contribution in [0.25, 0.3) is 10.9 Å². The van der Waals surface area contributed by atoms with Crippen LogP contribution in [-0.2, 0) is 10.9 Å². The van der Waals surface area contributed by atoms with Crippen molar-refractivity contribution in [3.8, 4) is 0 Å². The van der Waals surface area contributed by atoms with Gasteiger partial charge >= 0.3 is 6.18 Å². The summed E-state index contributed by atoms with van der Waals surface area (Å²) in [7, 11) is 0. The fraction of sp³-hybridized carbons (Fsp3) is 0.500. The molecule has 1 saturated carbocycles. The van der Waals surface area contributed by atoms with Crippen molar-refractivity contribution < 1.29 is 22.7 Å². The number of aromatic nitrogens is 3. The lowest BCUT2D eigenvalue weighted by Crippen LogP contribution is -2.47. The number of carbonyl (C=O) groups is 1. The molecule has 1 amide bonds. The van der Waals surface area contributed by atoms with Gasteiger partial charge in [0, 0.05) is 75.2 Å². The molecule has 41 heavy (non-hydrogen) atoms. The minimum absolute atomic E-state index is 0.122. The zero-order valence-electron chi connectivity index (χ0n) is 22.4. The molecule has 0 radical (unpaired) electrons. The van der Waals surface area contributed by atoms with Crippen molar-refractivity contribution in [3.63, 3.8) is 0 Å². The van der Waals surface area contributed by atoms with Gasteiger partial charge in [-0.2, -0.15) is 13.2 Å². The molecule has 218 valence electrons. The summed E-state index contributed by atoms with van der Waals surface area (Å²) in [5.41, 5.74) is 1.45. The lowest BCUT2D eigenvalue weighted by molar-refractivity contribution is -0.145. The fourth-order valence-corrected chi connectivity index (χ4v) is 5.86. The van der Waals surface area contributed by atoms with Gasteiger partial charge < -0.3 is 15.0 Å². The minimum atomic E-state index is -4.63. The largest absolute Gasteiger partial charge is 0.451 e. The van der Waals surface area contributed by atoms with E-state index in [1.54, 1.807) is 6.07 Å². The lowest BCUT2D eigenvalue weighted by Gasteiger charge is -2.35. The van der Waals surface area contributed by atoms with E-state index in [0.717, 1.165) is 38.0 Å². The number of hydrogen-bond donors (Lipinski definition) is 1. The predicted octanol–water partition coefficient (Wildman–Crippen LogP) is 3.78. The topological polar surface area (TPSA) is 86.7 Å². The molecule has 1 aliphatic carbocycles. The highest BCUT2D eigenvalue weighted by molar-refractivity contribution is 6.35. The molecular weight excluding hydrogens is 559 g/mol. The van der Waals surface area contributed by atoms with Gasteiger partial charge in [-0.15, -0.1) is 0 Å². The van der Waals surface area contributed by atoms with Gasteiger partial charge in [0.1, 0.15) is 5.82 Å². The second-order valence-electron chi connectivity index (χ2n) is 10.6. The Hall–Kier alpha value is -3.06. The second-order valence-corrected chi connectivity index (χ2v) is 11.0. The first kappa shape index (κ1) is 28.1. The van der Waals surface area contributed by atoms with Crippen LogP contribution in [0.15, 0.2) is 36.7 Å². The van der Waals surface area contributed by atoms with Crippen LogP contribution in [-0.4, -0.2) is 95.7 Å². The van der Waals surface area contributed by atoms with Crippen LogP contribution in [0.2, 0.25) is 5.02 Å². The van der Waals surface area contributed by atoms with Crippen LogP contribution in [0.3, 0.4) is 0 Å². The zero-order chi connectivity index (χ0) is 28.6. The molecule has 3 fully saturated rings. The van der Waals surface area contributed by atoms with Gasteiger partial charge in [0.2, 0.25) is 5.82 Å². The number of benzene rings is 1. The Kier molecular flexibility index (Phi) is 7.99. The number of anilines is 1. The Bertz CT molecular complexity index is 1390. The Morgan fingerprint density at radius 3 is 2.39 bits per heavy atom. The third kappa shape index (κ3) is 6.25. The number of ether oxygens (including phenoxy) is 1. The molecule has 1 aromatic carbocycles. The lowest BCUT2D eigenvalue weighted by atomic mass is 10.1. The van der Waals surface area contributed by atoms with E-state index in [1.807, 2.05) is 23.1 Å². The molecule has 6 rings (SSSR count). The predicted molar refractivity (Wildman–Crippen MR) is 148 cm³/mol. The number of pyridine rings is 1. The van der Waals surface area contributed by atoms with Crippen molar-refractivity contribution in [2.24, 2.45) is 0 Å². The van der Waals surface area contributed by atoms with E-state index in [2.05, 4.69) is 25.1 Å². The highest BCUT2D eigenvalue weighted by Crippen LogP contribution is 2.31. The normalized spacial score (nSPS) is 19.9. The summed E-state index contributed by atoms with van der Waals surface area (Å²) in [6.07, 6.45) is 0.299. The molecule has 1 unspecified atom stereocenters. The van der Waals surface area contributed by atoms with Gasteiger partial charge in [-0.25, -0.2) is 15.0 Å². The summed E-state index contributed by atoms with van der Waals surface area (Å²) >= 11 is 6.52. The summed E-state index contributed by atoms with van der Waals surface area (Å²) in [4.78, 5) is 32.3. The maximum atomic E-state index is 13.5. The van der Waals surface area contributed by atoms with Crippen molar-refractivity contribution in [3.05, 3.63) is 58.6 Å². The maximum Gasteiger partial charge on any atom is 0.451 e. The Morgan fingerprint density at radius 1 is 1.02 bits per heavy atom. The first-order valence-corrected chi connectivity index (χ1v) is 14.2. The van der Waals surface area contributed by atoms with E-state index in [0.29, 0.717) is 53.4 Å². The van der Waals surface area contributed by atoms with Gasteiger partial charge in [-0.3, -0.25) is 14.6 Å². The molecule has 2 aliphatic heterocycles. The number of halogens is 4. The highest BCUT2D eigenvalue weighted by Gasteiger charge is 2.35. The van der Waals surface area contributed by atoms with E-state index in [1.165, 1.54) is 25.2 Å². The number of piperazine rings is 1. The molecule has 2 aromatic heterocycles. The van der Waals surface area contributed by atoms with Gasteiger partial charge in [-0.05, 0) is 37.1 Å². The summed E-state index contributed by atoms with van der Waals surface area (Å²) < 4.78 is 44.5. The van der Waals surface area contributed by atoms with E-state index in [9.17, 15) is 18.0 Å². The van der Waals surface area contributed by atoms with Crippen LogP contribution >= 0.6 is 11.6 Å². The molecule has 0 spiro atoms. The van der Waals surface area contributed by atoms with Crippen molar-refractivity contribution in [1.29, 1.82) is 0 Å². The van der Waals surface area contributed by atoms with E-state index in [-0.39, 0.29) is 12.5 Å². The molecule has 4 heterocycles. The van der Waals surface area contributed by atoms with Crippen LogP contribution in [0.4, 0.5) is 19.0 Å². The molecule has 9 nitrogen and oxygen atoms in total. The molecular formula is C28H31ClF3N7O2. The number of nitrogens with zero attached hydrogens (tertiary/aromatic N) is 6. The summed E-state index contributed by atoms with van der Waals surface area (Å²) in [5, 5.41) is 3.87. The van der Waals surface area contributed by atoms with Crippen molar-refractivity contribution in [1.82, 2.24) is 30.1 Å². The zero-order valence-corrected chi connectivity index (χ0v) is 23.2. The smallest absolute Gasteiger partial charge is 0.379 e. The van der Waals surface area contributed by atoms with Crippen molar-refractivity contribution in [2.45, 2.75) is 31.1 Å². The van der Waals surface area contributed by atoms with Gasteiger partial charge in [0.25, 0.3) is 5.91 Å². The SMILES string of the molecule is O=C(NCC(c1cnc(C(F)(F)F)nc1)N1CCOCC1)c1c(Cl)ccc2nc(N3CCN(C4CC4)CC3)ccc12. The molecule has 1 atom stereocenters. The van der Waals surface area contributed by atoms with Crippen LogP contribution in [0.5, 0.6) is 0 Å². The van der Waals surface area contributed by atoms with Crippen molar-refractivity contribution >= 4 is 34.2 Å². The van der Waals surface area contributed by atoms with Crippen molar-refractivity contribution in [2.75, 3.05) is 63.9 Å². The standard InChI is InChI=1S/C28H31ClF3N7O2/c29-21-4-5-22-20(3-6-24(36-22)39-9-7-37(8-10-39)19-1-2-19)25(21)26(40)33-17-23(38-11-13-41-14-12-38)18-15-34-27(35-16-18)28(30,31)32/h3-6,15-16,19,23H,1-2,7-14,17H2,(H,33,40). The number of morpholine rings is 1. The molecule has 0 bridgehead atoms. The molecule has 3 aromatic rings. The molecule has 1 N–H and O–H groups in total. The monoisotopic (exact) mass is 589 g/mol.